The van der Waals surface area contributed by atoms with Gasteiger partial charge in [-0.25, -0.2) is 0 Å². The van der Waals surface area contributed by atoms with Crippen molar-refractivity contribution in [3.8, 4) is 5.75 Å². The Kier molecular flexibility index (Phi) is 4.54. The van der Waals surface area contributed by atoms with E-state index in [1.807, 2.05) is 12.3 Å². The molecule has 0 spiro atoms. The summed E-state index contributed by atoms with van der Waals surface area (Å²) in [4.78, 5) is 5.75. The Balaban J connectivity index is 1.11. The van der Waals surface area contributed by atoms with Crippen molar-refractivity contribution in [3.05, 3.63) is 65.9 Å². The SMILES string of the molecule is FC(F)(F)Oc1cccc(CCC2C3CN(Cc4ccc5[nH]ccc5c4)CC23)c1. The maximum atomic E-state index is 12.4. The summed E-state index contributed by atoms with van der Waals surface area (Å²) in [6.45, 7) is 3.23. The van der Waals surface area contributed by atoms with E-state index in [1.54, 1.807) is 6.07 Å². The maximum Gasteiger partial charge on any atom is 0.573 e. The van der Waals surface area contributed by atoms with Crippen LogP contribution >= 0.6 is 0 Å². The number of fused-ring (bicyclic) bond motifs is 2. The Morgan fingerprint density at radius 2 is 1.83 bits per heavy atom. The van der Waals surface area contributed by atoms with Gasteiger partial charge in [-0.3, -0.25) is 4.90 Å². The summed E-state index contributed by atoms with van der Waals surface area (Å²) in [5.74, 6) is 2.04. The Morgan fingerprint density at radius 3 is 2.62 bits per heavy atom. The van der Waals surface area contributed by atoms with Gasteiger partial charge in [0.1, 0.15) is 5.75 Å². The molecular formula is C23H23F3N2O. The summed E-state index contributed by atoms with van der Waals surface area (Å²) in [6, 6.07) is 15.1. The van der Waals surface area contributed by atoms with E-state index >= 15 is 0 Å². The molecule has 1 aliphatic carbocycles. The molecule has 3 aromatic rings. The van der Waals surface area contributed by atoms with E-state index in [0.717, 1.165) is 49.9 Å². The minimum Gasteiger partial charge on any atom is -0.406 e. The number of halogens is 3. The van der Waals surface area contributed by atoms with Crippen molar-refractivity contribution in [2.24, 2.45) is 17.8 Å². The van der Waals surface area contributed by atoms with E-state index in [-0.39, 0.29) is 5.75 Å². The minimum atomic E-state index is -4.64. The van der Waals surface area contributed by atoms with Gasteiger partial charge in [0.15, 0.2) is 0 Å². The number of aryl methyl sites for hydroxylation is 1. The summed E-state index contributed by atoms with van der Waals surface area (Å²) in [7, 11) is 0. The Morgan fingerprint density at radius 1 is 1.00 bits per heavy atom. The Bertz CT molecular complexity index is 1000. The number of hydrogen-bond acceptors (Lipinski definition) is 2. The van der Waals surface area contributed by atoms with E-state index in [4.69, 9.17) is 0 Å². The number of benzene rings is 2. The number of nitrogens with one attached hydrogen (secondary N) is 1. The van der Waals surface area contributed by atoms with Crippen LogP contribution in [0.3, 0.4) is 0 Å². The first kappa shape index (κ1) is 18.6. The number of hydrogen-bond donors (Lipinski definition) is 1. The van der Waals surface area contributed by atoms with Crippen molar-refractivity contribution in [2.75, 3.05) is 13.1 Å². The van der Waals surface area contributed by atoms with Crippen molar-refractivity contribution in [1.29, 1.82) is 0 Å². The Hall–Kier alpha value is -2.47. The molecule has 2 aliphatic rings. The molecule has 152 valence electrons. The van der Waals surface area contributed by atoms with E-state index in [9.17, 15) is 13.2 Å². The largest absolute Gasteiger partial charge is 0.573 e. The standard InChI is InChI=1S/C23H23F3N2O/c24-23(25,26)29-18-3-1-2-15(11-18)4-6-19-20-13-28(14-21(19)20)12-16-5-7-22-17(10-16)8-9-27-22/h1-3,5,7-11,19-21,27H,4,6,12-14H2. The first-order chi connectivity index (χ1) is 13.9. The third-order valence-electron chi connectivity index (χ3n) is 6.37. The zero-order chi connectivity index (χ0) is 20.0. The number of piperidine rings is 1. The van der Waals surface area contributed by atoms with Gasteiger partial charge in [0.25, 0.3) is 0 Å². The molecule has 2 heterocycles. The predicted octanol–water partition coefficient (Wildman–Crippen LogP) is 5.38. The fourth-order valence-corrected chi connectivity index (χ4v) is 4.98. The van der Waals surface area contributed by atoms with E-state index in [2.05, 4.69) is 38.9 Å². The van der Waals surface area contributed by atoms with E-state index < -0.39 is 6.36 Å². The van der Waals surface area contributed by atoms with Crippen molar-refractivity contribution in [1.82, 2.24) is 9.88 Å². The predicted molar refractivity (Wildman–Crippen MR) is 105 cm³/mol. The number of likely N-dealkylation sites (tertiary alicyclic amines) is 1. The van der Waals surface area contributed by atoms with Gasteiger partial charge in [0.2, 0.25) is 0 Å². The lowest BCUT2D eigenvalue weighted by Crippen LogP contribution is -2.24. The first-order valence-electron chi connectivity index (χ1n) is 10.1. The number of H-pyrrole nitrogens is 1. The molecule has 2 atom stereocenters. The number of rotatable bonds is 6. The average Bonchev–Trinajstić information content (AvgIpc) is 3.01. The molecule has 0 bridgehead atoms. The molecule has 6 heteroatoms. The quantitative estimate of drug-likeness (QED) is 0.602. The van der Waals surface area contributed by atoms with Gasteiger partial charge in [-0.2, -0.15) is 0 Å². The lowest BCUT2D eigenvalue weighted by Gasteiger charge is -2.19. The smallest absolute Gasteiger partial charge is 0.406 e. The summed E-state index contributed by atoms with van der Waals surface area (Å²) in [5, 5.41) is 1.25. The van der Waals surface area contributed by atoms with Crippen LogP contribution in [0, 0.1) is 17.8 Å². The van der Waals surface area contributed by atoms with Gasteiger partial charge in [0.05, 0.1) is 0 Å². The highest BCUT2D eigenvalue weighted by Gasteiger charge is 2.54. The van der Waals surface area contributed by atoms with Crippen LogP contribution in [0.4, 0.5) is 13.2 Å². The first-order valence-corrected chi connectivity index (χ1v) is 10.1. The second kappa shape index (κ2) is 7.10. The zero-order valence-corrected chi connectivity index (χ0v) is 16.0. The maximum absolute atomic E-state index is 12.4. The van der Waals surface area contributed by atoms with Crippen molar-refractivity contribution < 1.29 is 17.9 Å². The zero-order valence-electron chi connectivity index (χ0n) is 16.0. The van der Waals surface area contributed by atoms with E-state index in [0.29, 0.717) is 5.92 Å². The lowest BCUT2D eigenvalue weighted by molar-refractivity contribution is -0.274. The second-order valence-electron chi connectivity index (χ2n) is 8.32. The topological polar surface area (TPSA) is 28.3 Å². The van der Waals surface area contributed by atoms with Gasteiger partial charge in [-0.15, -0.1) is 13.2 Å². The number of aromatic nitrogens is 1. The lowest BCUT2D eigenvalue weighted by atomic mass is 10.0. The fourth-order valence-electron chi connectivity index (χ4n) is 4.98. The van der Waals surface area contributed by atoms with Crippen molar-refractivity contribution in [3.63, 3.8) is 0 Å². The second-order valence-corrected chi connectivity index (χ2v) is 8.32. The fraction of sp³-hybridized carbons (Fsp3) is 0.391. The normalized spacial score (nSPS) is 24.0. The molecule has 2 unspecified atom stereocenters. The molecular weight excluding hydrogens is 377 g/mol. The van der Waals surface area contributed by atoms with Crippen LogP contribution in [-0.4, -0.2) is 29.3 Å². The van der Waals surface area contributed by atoms with Crippen LogP contribution in [0.15, 0.2) is 54.7 Å². The van der Waals surface area contributed by atoms with Crippen LogP contribution in [0.2, 0.25) is 0 Å². The molecule has 0 amide bonds. The van der Waals surface area contributed by atoms with Crippen molar-refractivity contribution >= 4 is 10.9 Å². The highest BCUT2D eigenvalue weighted by Crippen LogP contribution is 2.54. The summed E-state index contributed by atoms with van der Waals surface area (Å²) < 4.78 is 41.2. The molecule has 1 N–H and O–H groups in total. The van der Waals surface area contributed by atoms with Crippen LogP contribution in [0.25, 0.3) is 10.9 Å². The third-order valence-corrected chi connectivity index (χ3v) is 6.37. The number of alkyl halides is 3. The number of nitrogens with zero attached hydrogens (tertiary/aromatic N) is 1. The number of ether oxygens (including phenoxy) is 1. The van der Waals surface area contributed by atoms with Crippen LogP contribution in [0.5, 0.6) is 5.75 Å². The molecule has 2 aromatic carbocycles. The molecule has 1 saturated heterocycles. The van der Waals surface area contributed by atoms with Crippen molar-refractivity contribution in [2.45, 2.75) is 25.7 Å². The molecule has 3 nitrogen and oxygen atoms in total. The van der Waals surface area contributed by atoms with Crippen LogP contribution in [0.1, 0.15) is 17.5 Å². The molecule has 1 aliphatic heterocycles. The van der Waals surface area contributed by atoms with Gasteiger partial charge in [-0.05, 0) is 77.4 Å². The highest BCUT2D eigenvalue weighted by molar-refractivity contribution is 5.79. The summed E-state index contributed by atoms with van der Waals surface area (Å²) in [6.07, 6.45) is -0.832. The Labute approximate surface area is 167 Å². The molecule has 5 rings (SSSR count). The molecule has 1 saturated carbocycles. The third kappa shape index (κ3) is 4.13. The van der Waals surface area contributed by atoms with E-state index in [1.165, 1.54) is 28.6 Å². The molecule has 29 heavy (non-hydrogen) atoms. The monoisotopic (exact) mass is 400 g/mol. The molecule has 1 aromatic heterocycles. The van der Waals surface area contributed by atoms with Gasteiger partial charge < -0.3 is 9.72 Å². The molecule has 2 fully saturated rings. The minimum absolute atomic E-state index is 0.128. The highest BCUT2D eigenvalue weighted by atomic mass is 19.4. The van der Waals surface area contributed by atoms with Crippen LogP contribution < -0.4 is 4.74 Å². The summed E-state index contributed by atoms with van der Waals surface area (Å²) in [5.41, 5.74) is 3.42. The van der Waals surface area contributed by atoms with Gasteiger partial charge >= 0.3 is 6.36 Å². The molecule has 0 radical (unpaired) electrons. The van der Waals surface area contributed by atoms with Gasteiger partial charge in [0, 0.05) is 31.3 Å². The van der Waals surface area contributed by atoms with Gasteiger partial charge in [-0.1, -0.05) is 18.2 Å². The summed E-state index contributed by atoms with van der Waals surface area (Å²) >= 11 is 0. The average molecular weight is 400 g/mol. The number of aromatic amines is 1. The van der Waals surface area contributed by atoms with Crippen LogP contribution in [-0.2, 0) is 13.0 Å².